The summed E-state index contributed by atoms with van der Waals surface area (Å²) in [6.45, 7) is 3.53. The lowest BCUT2D eigenvalue weighted by Crippen LogP contribution is -2.42. The van der Waals surface area contributed by atoms with E-state index < -0.39 is 0 Å². The summed E-state index contributed by atoms with van der Waals surface area (Å²) in [4.78, 5) is 14.9. The molecule has 3 heterocycles. The van der Waals surface area contributed by atoms with E-state index in [1.165, 1.54) is 0 Å². The van der Waals surface area contributed by atoms with Crippen LogP contribution in [0.15, 0.2) is 72.5 Å². The van der Waals surface area contributed by atoms with Crippen molar-refractivity contribution in [1.29, 1.82) is 0 Å². The zero-order chi connectivity index (χ0) is 24.3. The van der Waals surface area contributed by atoms with Crippen LogP contribution in [0.2, 0.25) is 5.02 Å². The van der Waals surface area contributed by atoms with Crippen LogP contribution in [0, 0.1) is 0 Å². The third-order valence-electron chi connectivity index (χ3n) is 6.62. The molecule has 0 bridgehead atoms. The normalized spacial score (nSPS) is 20.3. The number of morpholine rings is 1. The van der Waals surface area contributed by atoms with E-state index in [2.05, 4.69) is 56.6 Å². The van der Waals surface area contributed by atoms with Crippen molar-refractivity contribution < 1.29 is 9.47 Å². The fourth-order valence-corrected chi connectivity index (χ4v) is 4.96. The molecule has 1 atom stereocenters. The molecule has 1 saturated heterocycles. The largest absolute Gasteiger partial charge is 0.426 e. The summed E-state index contributed by atoms with van der Waals surface area (Å²) in [6, 6.07) is 10.4. The molecule has 3 aliphatic rings. The number of anilines is 1. The van der Waals surface area contributed by atoms with Gasteiger partial charge in [0, 0.05) is 30.5 Å². The highest BCUT2D eigenvalue weighted by atomic mass is 35.5. The Morgan fingerprint density at radius 2 is 1.92 bits per heavy atom. The maximum atomic E-state index is 6.62. The third kappa shape index (κ3) is 5.09. The Hall–Kier alpha value is -3.39. The van der Waals surface area contributed by atoms with Crippen molar-refractivity contribution >= 4 is 34.0 Å². The molecule has 2 N–H and O–H groups in total. The lowest BCUT2D eigenvalue weighted by Gasteiger charge is -2.33. The second kappa shape index (κ2) is 10.3. The Balaban J connectivity index is 1.14. The van der Waals surface area contributed by atoms with Crippen LogP contribution in [0.4, 0.5) is 5.69 Å². The summed E-state index contributed by atoms with van der Waals surface area (Å²) in [5.74, 6) is 0.686. The van der Waals surface area contributed by atoms with Crippen LogP contribution < -0.4 is 10.1 Å². The first-order chi connectivity index (χ1) is 17.7. The van der Waals surface area contributed by atoms with Gasteiger partial charge in [-0.3, -0.25) is 4.90 Å². The topological polar surface area (TPSA) is 75.3 Å². The molecule has 7 nitrogen and oxygen atoms in total. The predicted molar refractivity (Wildman–Crippen MR) is 143 cm³/mol. The second-order valence-corrected chi connectivity index (χ2v) is 9.50. The maximum Gasteiger partial charge on any atom is 0.301 e. The average molecular weight is 502 g/mol. The minimum Gasteiger partial charge on any atom is -0.426 e. The van der Waals surface area contributed by atoms with Crippen LogP contribution in [0.5, 0.6) is 11.8 Å². The van der Waals surface area contributed by atoms with E-state index in [1.807, 2.05) is 30.3 Å². The number of hydrogen-bond donors (Lipinski definition) is 2. The number of fused-ring (bicyclic) bond motifs is 1. The quantitative estimate of drug-likeness (QED) is 0.425. The molecule has 1 aliphatic heterocycles. The van der Waals surface area contributed by atoms with E-state index in [-0.39, 0.29) is 0 Å². The van der Waals surface area contributed by atoms with Crippen LogP contribution in [0.1, 0.15) is 25.0 Å². The van der Waals surface area contributed by atoms with Gasteiger partial charge in [0.25, 0.3) is 0 Å². The van der Waals surface area contributed by atoms with E-state index >= 15 is 0 Å². The number of imidazole rings is 1. The number of halogens is 1. The molecule has 3 aromatic rings. The van der Waals surface area contributed by atoms with Crippen molar-refractivity contribution in [1.82, 2.24) is 19.9 Å². The zero-order valence-electron chi connectivity index (χ0n) is 19.9. The highest BCUT2D eigenvalue weighted by molar-refractivity contribution is 6.32. The van der Waals surface area contributed by atoms with E-state index in [9.17, 15) is 0 Å². The highest BCUT2D eigenvalue weighted by Crippen LogP contribution is 2.31. The molecule has 184 valence electrons. The average Bonchev–Trinajstić information content (AvgIpc) is 3.31. The van der Waals surface area contributed by atoms with Crippen molar-refractivity contribution in [2.24, 2.45) is 0 Å². The van der Waals surface area contributed by atoms with Crippen molar-refractivity contribution in [3.63, 3.8) is 0 Å². The maximum absolute atomic E-state index is 6.62. The second-order valence-electron chi connectivity index (χ2n) is 9.09. The molecule has 8 heteroatoms. The number of rotatable bonds is 6. The predicted octanol–water partition coefficient (Wildman–Crippen LogP) is 6.09. The molecule has 36 heavy (non-hydrogen) atoms. The van der Waals surface area contributed by atoms with E-state index in [4.69, 9.17) is 26.1 Å². The van der Waals surface area contributed by atoms with Gasteiger partial charge in [-0.15, -0.1) is 0 Å². The lowest BCUT2D eigenvalue weighted by atomic mass is 9.99. The summed E-state index contributed by atoms with van der Waals surface area (Å²) >= 11 is 6.62. The van der Waals surface area contributed by atoms with Gasteiger partial charge in [-0.1, -0.05) is 42.0 Å². The number of benzene rings is 1. The van der Waals surface area contributed by atoms with Crippen LogP contribution in [-0.2, 0) is 4.74 Å². The van der Waals surface area contributed by atoms with Gasteiger partial charge in [-0.25, -0.2) is 4.98 Å². The Morgan fingerprint density at radius 3 is 2.67 bits per heavy atom. The summed E-state index contributed by atoms with van der Waals surface area (Å²) < 4.78 is 11.4. The Bertz CT molecular complexity index is 1370. The van der Waals surface area contributed by atoms with E-state index in [0.29, 0.717) is 28.5 Å². The van der Waals surface area contributed by atoms with Crippen LogP contribution in [0.3, 0.4) is 0 Å². The Kier molecular flexibility index (Phi) is 6.59. The molecule has 0 saturated carbocycles. The Morgan fingerprint density at radius 1 is 1.06 bits per heavy atom. The molecule has 2 aromatic heterocycles. The van der Waals surface area contributed by atoms with Gasteiger partial charge in [0.05, 0.1) is 29.4 Å². The van der Waals surface area contributed by atoms with Gasteiger partial charge in [-0.2, -0.15) is 4.98 Å². The number of aromatic nitrogens is 3. The van der Waals surface area contributed by atoms with Gasteiger partial charge >= 0.3 is 6.01 Å². The minimum atomic E-state index is 0.380. The van der Waals surface area contributed by atoms with Gasteiger partial charge in [0.15, 0.2) is 5.65 Å². The number of pyridine rings is 1. The van der Waals surface area contributed by atoms with Crippen molar-refractivity contribution in [3.05, 3.63) is 83.2 Å². The molecule has 1 aromatic carbocycles. The number of nitrogens with one attached hydrogen (secondary N) is 2. The zero-order valence-corrected chi connectivity index (χ0v) is 20.7. The number of allylic oxidation sites excluding steroid dienone is 5. The molecule has 0 radical (unpaired) electrons. The smallest absolute Gasteiger partial charge is 0.301 e. The molecule has 1 unspecified atom stereocenters. The summed E-state index contributed by atoms with van der Waals surface area (Å²) in [5, 5.41) is 3.99. The number of nitrogens with zero attached hydrogens (tertiary/aromatic N) is 3. The molecule has 2 aliphatic carbocycles. The van der Waals surface area contributed by atoms with E-state index in [1.54, 1.807) is 0 Å². The molecule has 0 spiro atoms. The van der Waals surface area contributed by atoms with Gasteiger partial charge < -0.3 is 19.8 Å². The monoisotopic (exact) mass is 501 g/mol. The third-order valence-corrected chi connectivity index (χ3v) is 6.91. The molecule has 0 amide bonds. The number of hydrogen-bond acceptors (Lipinski definition) is 6. The van der Waals surface area contributed by atoms with Crippen molar-refractivity contribution in [2.45, 2.75) is 25.3 Å². The van der Waals surface area contributed by atoms with Crippen LogP contribution in [-0.4, -0.2) is 52.2 Å². The molecule has 6 rings (SSSR count). The number of H-pyrrole nitrogens is 1. The standard InChI is InChI=1S/C28H28ClN5O2/c29-24-18-25-27(32-26(24)19-6-10-22(11-7-19)34-14-16-35-17-15-34)33-28(31-25)36-23-12-8-21(9-13-23)30-20-4-2-1-3-5-20/h2,4-10,12-13,18,22,30H,1,3,11,14-17H2,(H,31,32,33). The van der Waals surface area contributed by atoms with Crippen molar-refractivity contribution in [2.75, 3.05) is 31.6 Å². The van der Waals surface area contributed by atoms with Gasteiger partial charge in [0.1, 0.15) is 5.75 Å². The first-order valence-corrected chi connectivity index (χ1v) is 12.8. The fraction of sp³-hybridized carbons (Fsp3) is 0.286. The number of aromatic amines is 1. The van der Waals surface area contributed by atoms with Gasteiger partial charge in [0.2, 0.25) is 0 Å². The van der Waals surface area contributed by atoms with Crippen LogP contribution in [0.25, 0.3) is 16.7 Å². The van der Waals surface area contributed by atoms with Crippen molar-refractivity contribution in [3.8, 4) is 11.8 Å². The SMILES string of the molecule is Clc1cc2[nH]c(Oc3ccc(NC4=CCCC=C4)cc3)nc2nc1C1=CCC(N2CCOCC2)C=C1. The molecule has 1 fully saturated rings. The first kappa shape index (κ1) is 23.0. The molecular formula is C28H28ClN5O2. The molecular weight excluding hydrogens is 474 g/mol. The highest BCUT2D eigenvalue weighted by Gasteiger charge is 2.21. The first-order valence-electron chi connectivity index (χ1n) is 12.4. The minimum absolute atomic E-state index is 0.380. The van der Waals surface area contributed by atoms with Gasteiger partial charge in [-0.05, 0) is 61.2 Å². The lowest BCUT2D eigenvalue weighted by molar-refractivity contribution is 0.0260. The Labute approximate surface area is 215 Å². The summed E-state index contributed by atoms with van der Waals surface area (Å²) in [5.41, 5.74) is 5.18. The number of ether oxygens (including phenoxy) is 2. The fourth-order valence-electron chi connectivity index (χ4n) is 4.70. The summed E-state index contributed by atoms with van der Waals surface area (Å²) in [7, 11) is 0. The summed E-state index contributed by atoms with van der Waals surface area (Å²) in [6.07, 6.45) is 16.1. The van der Waals surface area contributed by atoms with Crippen LogP contribution >= 0.6 is 11.6 Å². The van der Waals surface area contributed by atoms with E-state index in [0.717, 1.165) is 73.7 Å².